The Morgan fingerprint density at radius 1 is 1.40 bits per heavy atom. The van der Waals surface area contributed by atoms with E-state index in [0.717, 1.165) is 31.3 Å². The van der Waals surface area contributed by atoms with E-state index < -0.39 is 5.60 Å². The van der Waals surface area contributed by atoms with E-state index in [4.69, 9.17) is 15.9 Å². The molecule has 5 nitrogen and oxygen atoms in total. The molecule has 116 valence electrons. The first-order valence-electron chi connectivity index (χ1n) is 7.40. The van der Waals surface area contributed by atoms with Gasteiger partial charge in [0.05, 0.1) is 12.2 Å². The molecule has 1 aliphatic rings. The molecule has 0 aromatic heterocycles. The van der Waals surface area contributed by atoms with Gasteiger partial charge in [-0.25, -0.2) is 0 Å². The maximum atomic E-state index is 9.58. The van der Waals surface area contributed by atoms with Crippen LogP contribution in [0.5, 0.6) is 0 Å². The van der Waals surface area contributed by atoms with Gasteiger partial charge in [0.2, 0.25) is 5.90 Å². The van der Waals surface area contributed by atoms with E-state index in [1.807, 2.05) is 13.1 Å². The monoisotopic (exact) mass is 283 g/mol. The Morgan fingerprint density at radius 3 is 2.55 bits per heavy atom. The predicted octanol–water partition coefficient (Wildman–Crippen LogP) is 1.90. The summed E-state index contributed by atoms with van der Waals surface area (Å²) in [7, 11) is 0. The van der Waals surface area contributed by atoms with Crippen LogP contribution in [-0.2, 0) is 4.74 Å². The average Bonchev–Trinajstić information content (AvgIpc) is 2.36. The second kappa shape index (κ2) is 7.64. The van der Waals surface area contributed by atoms with E-state index in [9.17, 15) is 5.11 Å². The zero-order chi connectivity index (χ0) is 15.2. The van der Waals surface area contributed by atoms with Crippen LogP contribution in [0.25, 0.3) is 0 Å². The van der Waals surface area contributed by atoms with Crippen LogP contribution in [0.3, 0.4) is 0 Å². The van der Waals surface area contributed by atoms with Crippen LogP contribution in [0, 0.1) is 5.41 Å². The molecule has 0 spiro atoms. The first kappa shape index (κ1) is 17.0. The van der Waals surface area contributed by atoms with Crippen LogP contribution in [0.2, 0.25) is 0 Å². The molecule has 0 bridgehead atoms. The molecular formula is C15H29N3O2. The topological polar surface area (TPSA) is 91.4 Å². The number of nitrogens with two attached hydrogens (primary N) is 1. The van der Waals surface area contributed by atoms with Crippen molar-refractivity contribution in [3.63, 3.8) is 0 Å². The van der Waals surface area contributed by atoms with E-state index in [1.54, 1.807) is 13.8 Å². The molecule has 1 saturated carbocycles. The standard InChI is InChI=1S/C15H29N3O2/c1-11(14(17)20-9-8-15(2,3)19)10-18-13-6-4-12(16)5-7-13/h10,12-13,17-19H,4-9,16H2,1-3H3/b11-10-,17-14?/t12-,13-. The van der Waals surface area contributed by atoms with E-state index >= 15 is 0 Å². The van der Waals surface area contributed by atoms with Crippen molar-refractivity contribution in [1.29, 1.82) is 5.41 Å². The third-order valence-corrected chi connectivity index (χ3v) is 3.63. The number of nitrogens with one attached hydrogen (secondary N) is 2. The summed E-state index contributed by atoms with van der Waals surface area (Å²) in [5.41, 5.74) is 5.89. The highest BCUT2D eigenvalue weighted by atomic mass is 16.5. The smallest absolute Gasteiger partial charge is 0.210 e. The van der Waals surface area contributed by atoms with Crippen molar-refractivity contribution in [2.75, 3.05) is 6.61 Å². The maximum Gasteiger partial charge on any atom is 0.210 e. The average molecular weight is 283 g/mol. The lowest BCUT2D eigenvalue weighted by atomic mass is 9.92. The second-order valence-corrected chi connectivity index (χ2v) is 6.35. The summed E-state index contributed by atoms with van der Waals surface area (Å²) in [4.78, 5) is 0. The molecule has 0 aromatic carbocycles. The van der Waals surface area contributed by atoms with Gasteiger partial charge in [0.15, 0.2) is 0 Å². The molecule has 0 unspecified atom stereocenters. The molecule has 1 aliphatic carbocycles. The predicted molar refractivity (Wildman–Crippen MR) is 81.7 cm³/mol. The van der Waals surface area contributed by atoms with Crippen LogP contribution in [0.1, 0.15) is 52.9 Å². The van der Waals surface area contributed by atoms with E-state index in [2.05, 4.69) is 5.32 Å². The van der Waals surface area contributed by atoms with Gasteiger partial charge in [-0.3, -0.25) is 5.41 Å². The Labute approximate surface area is 122 Å². The molecule has 1 rings (SSSR count). The molecule has 0 saturated heterocycles. The van der Waals surface area contributed by atoms with Crippen molar-refractivity contribution < 1.29 is 9.84 Å². The Balaban J connectivity index is 2.27. The molecule has 0 atom stereocenters. The van der Waals surface area contributed by atoms with Crippen molar-refractivity contribution in [3.8, 4) is 0 Å². The molecule has 5 heteroatoms. The normalized spacial score (nSPS) is 24.4. The quantitative estimate of drug-likeness (QED) is 0.442. The largest absolute Gasteiger partial charge is 0.478 e. The molecule has 0 radical (unpaired) electrons. The van der Waals surface area contributed by atoms with E-state index in [1.165, 1.54) is 0 Å². The van der Waals surface area contributed by atoms with Crippen molar-refractivity contribution in [1.82, 2.24) is 5.32 Å². The second-order valence-electron chi connectivity index (χ2n) is 6.35. The fourth-order valence-electron chi connectivity index (χ4n) is 2.11. The van der Waals surface area contributed by atoms with Gasteiger partial charge < -0.3 is 20.9 Å². The molecule has 20 heavy (non-hydrogen) atoms. The SMILES string of the molecule is C/C(=C/N[C@H]1CC[C@H](N)CC1)C(=N)OCCC(C)(C)O. The molecule has 0 aliphatic heterocycles. The van der Waals surface area contributed by atoms with Gasteiger partial charge in [0.25, 0.3) is 0 Å². The summed E-state index contributed by atoms with van der Waals surface area (Å²) >= 11 is 0. The summed E-state index contributed by atoms with van der Waals surface area (Å²) in [6, 6.07) is 0.801. The molecule has 5 N–H and O–H groups in total. The number of hydrogen-bond donors (Lipinski definition) is 4. The van der Waals surface area contributed by atoms with Crippen molar-refractivity contribution in [3.05, 3.63) is 11.8 Å². The van der Waals surface area contributed by atoms with Crippen LogP contribution >= 0.6 is 0 Å². The summed E-state index contributed by atoms with van der Waals surface area (Å²) in [6.07, 6.45) is 6.65. The van der Waals surface area contributed by atoms with Gasteiger partial charge in [0.1, 0.15) is 0 Å². The lowest BCUT2D eigenvalue weighted by Crippen LogP contribution is -2.35. The molecule has 0 amide bonds. The van der Waals surface area contributed by atoms with E-state index in [-0.39, 0.29) is 5.90 Å². The first-order chi connectivity index (χ1) is 9.28. The minimum absolute atomic E-state index is 0.161. The summed E-state index contributed by atoms with van der Waals surface area (Å²) in [6.45, 7) is 5.68. The van der Waals surface area contributed by atoms with Gasteiger partial charge in [-0.1, -0.05) is 0 Å². The lowest BCUT2D eigenvalue weighted by Gasteiger charge is -2.26. The van der Waals surface area contributed by atoms with Crippen molar-refractivity contribution >= 4 is 5.90 Å². The Hall–Kier alpha value is -1.07. The van der Waals surface area contributed by atoms with Crippen molar-refractivity contribution in [2.45, 2.75) is 70.6 Å². The Bertz CT molecular complexity index is 340. The van der Waals surface area contributed by atoms with Crippen molar-refractivity contribution in [2.24, 2.45) is 5.73 Å². The maximum absolute atomic E-state index is 9.58. The molecule has 1 fully saturated rings. The lowest BCUT2D eigenvalue weighted by molar-refractivity contribution is 0.0535. The van der Waals surface area contributed by atoms with Gasteiger partial charge in [-0.05, 0) is 46.5 Å². The summed E-state index contributed by atoms with van der Waals surface area (Å²) in [5.74, 6) is 0.161. The summed E-state index contributed by atoms with van der Waals surface area (Å²) < 4.78 is 5.33. The van der Waals surface area contributed by atoms with Crippen LogP contribution < -0.4 is 11.1 Å². The number of ether oxygens (including phenoxy) is 1. The molecule has 0 aromatic rings. The third kappa shape index (κ3) is 6.91. The molecular weight excluding hydrogens is 254 g/mol. The summed E-state index contributed by atoms with van der Waals surface area (Å²) in [5, 5.41) is 20.7. The van der Waals surface area contributed by atoms with Gasteiger partial charge in [-0.2, -0.15) is 0 Å². The number of rotatable bonds is 6. The minimum Gasteiger partial charge on any atom is -0.478 e. The fourth-order valence-corrected chi connectivity index (χ4v) is 2.11. The van der Waals surface area contributed by atoms with Crippen LogP contribution in [-0.4, -0.2) is 35.3 Å². The highest BCUT2D eigenvalue weighted by Crippen LogP contribution is 2.17. The number of hydrogen-bond acceptors (Lipinski definition) is 5. The highest BCUT2D eigenvalue weighted by molar-refractivity contribution is 5.90. The van der Waals surface area contributed by atoms with Gasteiger partial charge >= 0.3 is 0 Å². The first-order valence-corrected chi connectivity index (χ1v) is 7.40. The highest BCUT2D eigenvalue weighted by Gasteiger charge is 2.17. The van der Waals surface area contributed by atoms with E-state index in [0.29, 0.717) is 25.1 Å². The Kier molecular flexibility index (Phi) is 6.49. The zero-order valence-corrected chi connectivity index (χ0v) is 12.9. The van der Waals surface area contributed by atoms with Crippen LogP contribution in [0.4, 0.5) is 0 Å². The minimum atomic E-state index is -0.753. The van der Waals surface area contributed by atoms with Gasteiger partial charge in [0, 0.05) is 30.3 Å². The number of aliphatic hydroxyl groups is 1. The third-order valence-electron chi connectivity index (χ3n) is 3.63. The molecule has 0 heterocycles. The fraction of sp³-hybridized carbons (Fsp3) is 0.800. The van der Waals surface area contributed by atoms with Crippen LogP contribution in [0.15, 0.2) is 11.8 Å². The zero-order valence-electron chi connectivity index (χ0n) is 12.9. The Morgan fingerprint density at radius 2 is 2.00 bits per heavy atom. The van der Waals surface area contributed by atoms with Gasteiger partial charge in [-0.15, -0.1) is 0 Å².